The molecule has 0 radical (unpaired) electrons. The SMILES string of the molecule is Cc1ccc(C2=NN3[C@H](C2)c2ccccc2O[C@H]3c2ccc(N(C)C)cc2)cc1. The van der Waals surface area contributed by atoms with E-state index < -0.39 is 0 Å². The molecule has 3 aromatic carbocycles. The summed E-state index contributed by atoms with van der Waals surface area (Å²) in [6.45, 7) is 2.11. The van der Waals surface area contributed by atoms with Crippen LogP contribution in [-0.4, -0.2) is 24.8 Å². The normalized spacial score (nSPS) is 19.8. The van der Waals surface area contributed by atoms with Crippen LogP contribution in [0.4, 0.5) is 5.69 Å². The highest BCUT2D eigenvalue weighted by molar-refractivity contribution is 6.02. The van der Waals surface area contributed by atoms with Crippen molar-refractivity contribution in [3.8, 4) is 5.75 Å². The van der Waals surface area contributed by atoms with Crippen molar-refractivity contribution in [1.29, 1.82) is 0 Å². The lowest BCUT2D eigenvalue weighted by molar-refractivity contribution is -0.0190. The molecule has 146 valence electrons. The van der Waals surface area contributed by atoms with Crippen molar-refractivity contribution in [3.63, 3.8) is 0 Å². The Balaban J connectivity index is 1.55. The van der Waals surface area contributed by atoms with E-state index in [-0.39, 0.29) is 12.3 Å². The van der Waals surface area contributed by atoms with Crippen LogP contribution in [0.2, 0.25) is 0 Å². The largest absolute Gasteiger partial charge is 0.464 e. The summed E-state index contributed by atoms with van der Waals surface area (Å²) in [6.07, 6.45) is 0.657. The van der Waals surface area contributed by atoms with Gasteiger partial charge in [0.2, 0.25) is 6.23 Å². The maximum atomic E-state index is 6.44. The van der Waals surface area contributed by atoms with Gasteiger partial charge in [0.15, 0.2) is 0 Å². The molecule has 0 bridgehead atoms. The molecular weight excluding hydrogens is 358 g/mol. The van der Waals surface area contributed by atoms with Gasteiger partial charge in [-0.15, -0.1) is 0 Å². The molecule has 2 aliphatic heterocycles. The maximum Gasteiger partial charge on any atom is 0.213 e. The van der Waals surface area contributed by atoms with Crippen LogP contribution in [0, 0.1) is 6.92 Å². The predicted octanol–water partition coefficient (Wildman–Crippen LogP) is 5.30. The van der Waals surface area contributed by atoms with Gasteiger partial charge in [-0.25, -0.2) is 5.01 Å². The van der Waals surface area contributed by atoms with Gasteiger partial charge in [-0.05, 0) is 30.7 Å². The zero-order valence-corrected chi connectivity index (χ0v) is 17.0. The highest BCUT2D eigenvalue weighted by atomic mass is 16.5. The Hall–Kier alpha value is -3.27. The number of hydrogen-bond donors (Lipinski definition) is 0. The minimum atomic E-state index is -0.228. The molecule has 0 amide bonds. The minimum absolute atomic E-state index is 0.190. The van der Waals surface area contributed by atoms with Gasteiger partial charge in [-0.2, -0.15) is 5.10 Å². The van der Waals surface area contributed by atoms with E-state index in [9.17, 15) is 0 Å². The number of rotatable bonds is 3. The molecule has 0 spiro atoms. The molecule has 0 saturated heterocycles. The molecule has 4 heteroatoms. The number of hydrogen-bond acceptors (Lipinski definition) is 4. The molecule has 2 aliphatic rings. The number of anilines is 1. The van der Waals surface area contributed by atoms with E-state index in [1.807, 2.05) is 6.07 Å². The Bertz CT molecular complexity index is 1050. The Morgan fingerprint density at radius 2 is 1.66 bits per heavy atom. The summed E-state index contributed by atoms with van der Waals surface area (Å²) in [5.74, 6) is 0.954. The topological polar surface area (TPSA) is 28.1 Å². The smallest absolute Gasteiger partial charge is 0.213 e. The predicted molar refractivity (Wildman–Crippen MR) is 117 cm³/mol. The van der Waals surface area contributed by atoms with Crippen molar-refractivity contribution in [2.45, 2.75) is 25.6 Å². The number of ether oxygens (including phenoxy) is 1. The first-order valence-corrected chi connectivity index (χ1v) is 10.1. The lowest BCUT2D eigenvalue weighted by Crippen LogP contribution is -2.33. The average molecular weight is 383 g/mol. The van der Waals surface area contributed by atoms with Crippen LogP contribution in [0.3, 0.4) is 0 Å². The van der Waals surface area contributed by atoms with Crippen LogP contribution < -0.4 is 9.64 Å². The second-order valence-electron chi connectivity index (χ2n) is 8.01. The van der Waals surface area contributed by atoms with E-state index >= 15 is 0 Å². The zero-order chi connectivity index (χ0) is 20.0. The first kappa shape index (κ1) is 17.8. The third-order valence-electron chi connectivity index (χ3n) is 5.78. The number of nitrogens with zero attached hydrogens (tertiary/aromatic N) is 3. The minimum Gasteiger partial charge on any atom is -0.464 e. The quantitative estimate of drug-likeness (QED) is 0.614. The molecule has 5 rings (SSSR count). The highest BCUT2D eigenvalue weighted by Crippen LogP contribution is 2.47. The van der Waals surface area contributed by atoms with Crippen molar-refractivity contribution < 1.29 is 4.74 Å². The maximum absolute atomic E-state index is 6.44. The van der Waals surface area contributed by atoms with Gasteiger partial charge in [-0.3, -0.25) is 0 Å². The van der Waals surface area contributed by atoms with E-state index in [0.717, 1.165) is 23.4 Å². The van der Waals surface area contributed by atoms with Gasteiger partial charge in [0, 0.05) is 37.3 Å². The molecule has 4 nitrogen and oxygen atoms in total. The number of benzene rings is 3. The Labute approximate surface area is 172 Å². The molecule has 3 aromatic rings. The fourth-order valence-electron chi connectivity index (χ4n) is 4.11. The molecule has 0 fully saturated rings. The Kier molecular flexibility index (Phi) is 4.27. The van der Waals surface area contributed by atoms with E-state index in [1.54, 1.807) is 0 Å². The number of fused-ring (bicyclic) bond motifs is 3. The van der Waals surface area contributed by atoms with E-state index in [1.165, 1.54) is 22.4 Å². The van der Waals surface area contributed by atoms with E-state index in [4.69, 9.17) is 9.84 Å². The average Bonchev–Trinajstić information content (AvgIpc) is 3.19. The van der Waals surface area contributed by atoms with Gasteiger partial charge in [0.25, 0.3) is 0 Å². The van der Waals surface area contributed by atoms with Crippen LogP contribution in [0.1, 0.15) is 40.9 Å². The van der Waals surface area contributed by atoms with Crippen LogP contribution >= 0.6 is 0 Å². The monoisotopic (exact) mass is 383 g/mol. The van der Waals surface area contributed by atoms with Crippen molar-refractivity contribution >= 4 is 11.4 Å². The number of para-hydroxylation sites is 1. The fraction of sp³-hybridized carbons (Fsp3) is 0.240. The van der Waals surface area contributed by atoms with Gasteiger partial charge < -0.3 is 9.64 Å². The summed E-state index contributed by atoms with van der Waals surface area (Å²) < 4.78 is 6.44. The standard InChI is InChI=1S/C25H25N3O/c1-17-8-10-18(11-9-17)22-16-23-21-6-4-5-7-24(21)29-25(28(23)26-22)19-12-14-20(15-13-19)27(2)3/h4-15,23,25H,16H2,1-3H3/t23-,25+/m1/s1. The second-order valence-corrected chi connectivity index (χ2v) is 8.01. The second kappa shape index (κ2) is 6.96. The number of hydrazone groups is 1. The summed E-state index contributed by atoms with van der Waals surface area (Å²) in [7, 11) is 4.11. The van der Waals surface area contributed by atoms with Gasteiger partial charge >= 0.3 is 0 Å². The summed E-state index contributed by atoms with van der Waals surface area (Å²) in [5, 5.41) is 7.18. The third kappa shape index (κ3) is 3.15. The summed E-state index contributed by atoms with van der Waals surface area (Å²) in [6, 6.07) is 25.7. The first-order valence-electron chi connectivity index (χ1n) is 10.1. The van der Waals surface area contributed by atoms with E-state index in [2.05, 4.69) is 97.7 Å². The molecule has 0 aliphatic carbocycles. The lowest BCUT2D eigenvalue weighted by Gasteiger charge is -2.38. The molecule has 0 aromatic heterocycles. The zero-order valence-electron chi connectivity index (χ0n) is 17.0. The lowest BCUT2D eigenvalue weighted by atomic mass is 9.95. The van der Waals surface area contributed by atoms with Crippen molar-refractivity contribution in [2.75, 3.05) is 19.0 Å². The van der Waals surface area contributed by atoms with Gasteiger partial charge in [0.1, 0.15) is 5.75 Å². The van der Waals surface area contributed by atoms with Crippen molar-refractivity contribution in [1.82, 2.24) is 5.01 Å². The summed E-state index contributed by atoms with van der Waals surface area (Å²) >= 11 is 0. The van der Waals surface area contributed by atoms with Gasteiger partial charge in [-0.1, -0.05) is 60.2 Å². The van der Waals surface area contributed by atoms with Crippen LogP contribution in [0.15, 0.2) is 77.9 Å². The molecular formula is C25H25N3O. The van der Waals surface area contributed by atoms with Gasteiger partial charge in [0.05, 0.1) is 11.8 Å². The fourth-order valence-corrected chi connectivity index (χ4v) is 4.11. The third-order valence-corrected chi connectivity index (χ3v) is 5.78. The van der Waals surface area contributed by atoms with Crippen LogP contribution in [0.5, 0.6) is 5.75 Å². The molecule has 0 unspecified atom stereocenters. The summed E-state index contributed by atoms with van der Waals surface area (Å²) in [4.78, 5) is 2.10. The first-order chi connectivity index (χ1) is 14.1. The highest BCUT2D eigenvalue weighted by Gasteiger charge is 2.40. The Morgan fingerprint density at radius 1 is 0.931 bits per heavy atom. The molecule has 2 heterocycles. The van der Waals surface area contributed by atoms with E-state index in [0.29, 0.717) is 0 Å². The molecule has 29 heavy (non-hydrogen) atoms. The molecule has 2 atom stereocenters. The Morgan fingerprint density at radius 3 is 2.38 bits per heavy atom. The summed E-state index contributed by atoms with van der Waals surface area (Å²) in [5.41, 5.74) is 7.06. The molecule has 0 saturated carbocycles. The van der Waals surface area contributed by atoms with Crippen molar-refractivity contribution in [2.24, 2.45) is 5.10 Å². The molecule has 0 N–H and O–H groups in total. The van der Waals surface area contributed by atoms with Crippen molar-refractivity contribution in [3.05, 3.63) is 95.1 Å². The van der Waals surface area contributed by atoms with Crippen LogP contribution in [0.25, 0.3) is 0 Å². The number of aryl methyl sites for hydroxylation is 1. The van der Waals surface area contributed by atoms with Crippen LogP contribution in [-0.2, 0) is 0 Å².